The van der Waals surface area contributed by atoms with Gasteiger partial charge in [-0.1, -0.05) is 12.0 Å². The molecule has 260 valence electrons. The molecular weight excluding hydrogens is 671 g/mol. The molecule has 6 rings (SSSR count). The van der Waals surface area contributed by atoms with E-state index in [9.17, 15) is 40.6 Å². The summed E-state index contributed by atoms with van der Waals surface area (Å²) in [6, 6.07) is 9.64. The van der Waals surface area contributed by atoms with E-state index < -0.39 is 77.6 Å². The van der Waals surface area contributed by atoms with E-state index in [2.05, 4.69) is 37.4 Å². The molecule has 1 amide bonds. The van der Waals surface area contributed by atoms with Gasteiger partial charge in [-0.15, -0.1) is 0 Å². The summed E-state index contributed by atoms with van der Waals surface area (Å²) in [5, 5.41) is 23.5. The molecule has 50 heavy (non-hydrogen) atoms. The predicted molar refractivity (Wildman–Crippen MR) is 167 cm³/mol. The number of fused-ring (bicyclic) bond motifs is 2. The number of hydrogen-bond donors (Lipinski definition) is 4. The van der Waals surface area contributed by atoms with Crippen molar-refractivity contribution in [1.29, 1.82) is 0 Å². The van der Waals surface area contributed by atoms with Crippen LogP contribution in [0.25, 0.3) is 22.0 Å². The third-order valence-electron chi connectivity index (χ3n) is 8.00. The number of aliphatic hydroxyl groups is 1. The van der Waals surface area contributed by atoms with Gasteiger partial charge < -0.3 is 16.2 Å². The first kappa shape index (κ1) is 34.4. The van der Waals surface area contributed by atoms with Crippen LogP contribution in [0.2, 0.25) is 0 Å². The van der Waals surface area contributed by atoms with E-state index in [1.165, 1.54) is 19.9 Å². The average molecular weight is 700 g/mol. The van der Waals surface area contributed by atoms with Gasteiger partial charge in [0, 0.05) is 29.0 Å². The number of nitrogens with zero attached hydrogens (tertiary/aromatic N) is 4. The van der Waals surface area contributed by atoms with Crippen molar-refractivity contribution in [2.45, 2.75) is 63.4 Å². The molecule has 5 aromatic rings. The van der Waals surface area contributed by atoms with Crippen LogP contribution in [0.4, 0.5) is 36.6 Å². The molecule has 0 saturated carbocycles. The van der Waals surface area contributed by atoms with Crippen LogP contribution in [0.1, 0.15) is 60.2 Å². The number of halogens is 7. The topological polar surface area (TPSA) is 135 Å². The molecule has 3 heterocycles. The Kier molecular flexibility index (Phi) is 8.59. The Labute approximate surface area is 279 Å². The van der Waals surface area contributed by atoms with Gasteiger partial charge in [0.05, 0.1) is 17.3 Å². The number of carbonyl (C=O) groups is 1. The van der Waals surface area contributed by atoms with Gasteiger partial charge in [0.15, 0.2) is 11.5 Å². The van der Waals surface area contributed by atoms with Crippen molar-refractivity contribution < 1.29 is 40.6 Å². The third kappa shape index (κ3) is 7.13. The second kappa shape index (κ2) is 12.5. The highest BCUT2D eigenvalue weighted by molar-refractivity contribution is 5.92. The smallest absolute Gasteiger partial charge is 0.382 e. The lowest BCUT2D eigenvalue weighted by Crippen LogP contribution is -2.35. The molecule has 0 bridgehead atoms. The lowest BCUT2D eigenvalue weighted by Gasteiger charge is -2.23. The number of nitrogens with one attached hydrogen (secondary N) is 2. The molecule has 0 saturated heterocycles. The van der Waals surface area contributed by atoms with E-state index in [0.29, 0.717) is 32.8 Å². The Balaban J connectivity index is 1.47. The maximum absolute atomic E-state index is 14.8. The van der Waals surface area contributed by atoms with E-state index in [-0.39, 0.29) is 29.2 Å². The first-order chi connectivity index (χ1) is 23.4. The van der Waals surface area contributed by atoms with E-state index in [1.54, 1.807) is 24.3 Å². The van der Waals surface area contributed by atoms with Crippen LogP contribution in [0.15, 0.2) is 48.5 Å². The minimum absolute atomic E-state index is 0.0638. The summed E-state index contributed by atoms with van der Waals surface area (Å²) in [6.07, 6.45) is -6.81. The largest absolute Gasteiger partial charge is 0.435 e. The number of amides is 1. The normalized spacial score (nSPS) is 14.7. The number of rotatable bonds is 7. The zero-order valence-electron chi connectivity index (χ0n) is 26.4. The fourth-order valence-electron chi connectivity index (χ4n) is 5.92. The lowest BCUT2D eigenvalue weighted by atomic mass is 9.94. The Morgan fingerprint density at radius 3 is 2.52 bits per heavy atom. The minimum Gasteiger partial charge on any atom is -0.382 e. The first-order valence-corrected chi connectivity index (χ1v) is 15.2. The third-order valence-corrected chi connectivity index (χ3v) is 8.00. The Hall–Kier alpha value is -5.43. The molecule has 0 fully saturated rings. The average Bonchev–Trinajstić information content (AvgIpc) is 3.67. The van der Waals surface area contributed by atoms with Crippen molar-refractivity contribution >= 4 is 22.6 Å². The van der Waals surface area contributed by atoms with Crippen molar-refractivity contribution in [1.82, 2.24) is 30.3 Å². The molecule has 16 heteroatoms. The zero-order valence-corrected chi connectivity index (χ0v) is 26.4. The molecule has 9 nitrogen and oxygen atoms in total. The van der Waals surface area contributed by atoms with Crippen LogP contribution in [-0.2, 0) is 36.3 Å². The van der Waals surface area contributed by atoms with E-state index in [1.807, 2.05) is 0 Å². The van der Waals surface area contributed by atoms with Gasteiger partial charge in [0.2, 0.25) is 5.91 Å². The quantitative estimate of drug-likeness (QED) is 0.122. The number of carbonyl (C=O) groups excluding carboxylic acids is 1. The number of nitrogens with two attached hydrogens (primary N) is 1. The molecule has 0 aliphatic heterocycles. The van der Waals surface area contributed by atoms with Crippen molar-refractivity contribution in [3.63, 3.8) is 0 Å². The van der Waals surface area contributed by atoms with E-state index in [4.69, 9.17) is 5.73 Å². The SMILES string of the molecule is CC(C)(O)C#Cc1ccc(-c2ccc3[nH]nc(N)c3c2)c([C@H](Cc2cc(F)cc(F)c2)NC(=O)Cn2nc(C(F)(F)F)c3c2C(F)(F)CC3)n1. The van der Waals surface area contributed by atoms with Crippen LogP contribution in [0.5, 0.6) is 0 Å². The Morgan fingerprint density at radius 1 is 1.12 bits per heavy atom. The number of H-pyrrole nitrogens is 1. The maximum atomic E-state index is 14.8. The number of alkyl halides is 5. The first-order valence-electron chi connectivity index (χ1n) is 15.2. The Bertz CT molecular complexity index is 2170. The number of aromatic nitrogens is 5. The standard InChI is InChI=1S/C34H28F7N7O2/c1-32(2,50)9-7-21-4-5-22(18-3-6-25-24(14-18)31(42)46-45-25)28(43-21)26(13-17-11-19(35)15-20(36)12-17)44-27(49)16-48-30-23(8-10-33(30,37)38)29(47-48)34(39,40)41/h3-6,11-12,14-15,26,50H,8,10,13,16H2,1-2H3,(H,44,49)(H3,42,45,46)/t26-/m0/s1. The summed E-state index contributed by atoms with van der Waals surface area (Å²) in [4.78, 5) is 18.2. The van der Waals surface area contributed by atoms with Crippen LogP contribution in [-0.4, -0.2) is 41.6 Å². The minimum atomic E-state index is -5.04. The van der Waals surface area contributed by atoms with Crippen LogP contribution in [0.3, 0.4) is 0 Å². The highest BCUT2D eigenvalue weighted by Crippen LogP contribution is 2.46. The van der Waals surface area contributed by atoms with Crippen molar-refractivity contribution in [3.8, 4) is 23.0 Å². The van der Waals surface area contributed by atoms with E-state index in [0.717, 1.165) is 12.1 Å². The number of pyridine rings is 1. The molecule has 0 unspecified atom stereocenters. The molecular formula is C34H28F7N7O2. The fraction of sp³-hybridized carbons (Fsp3) is 0.294. The molecule has 3 aromatic heterocycles. The second-order valence-electron chi connectivity index (χ2n) is 12.4. The predicted octanol–water partition coefficient (Wildman–Crippen LogP) is 5.96. The Morgan fingerprint density at radius 2 is 1.84 bits per heavy atom. The van der Waals surface area contributed by atoms with Crippen molar-refractivity contribution in [2.75, 3.05) is 5.73 Å². The summed E-state index contributed by atoms with van der Waals surface area (Å²) in [6.45, 7) is 1.86. The monoisotopic (exact) mass is 699 g/mol. The van der Waals surface area contributed by atoms with Crippen LogP contribution >= 0.6 is 0 Å². The molecule has 2 aromatic carbocycles. The van der Waals surface area contributed by atoms with Crippen LogP contribution < -0.4 is 11.1 Å². The molecule has 0 radical (unpaired) electrons. The summed E-state index contributed by atoms with van der Waals surface area (Å²) in [7, 11) is 0. The molecule has 0 spiro atoms. The van der Waals surface area contributed by atoms with Crippen molar-refractivity contribution in [3.05, 3.63) is 94.1 Å². The van der Waals surface area contributed by atoms with Gasteiger partial charge in [-0.2, -0.15) is 32.1 Å². The molecule has 1 aliphatic rings. The highest BCUT2D eigenvalue weighted by Gasteiger charge is 2.50. The van der Waals surface area contributed by atoms with Gasteiger partial charge in [0.1, 0.15) is 35.2 Å². The number of nitrogen functional groups attached to an aromatic ring is 1. The van der Waals surface area contributed by atoms with Gasteiger partial charge in [0.25, 0.3) is 5.92 Å². The number of aromatic amines is 1. The van der Waals surface area contributed by atoms with E-state index >= 15 is 0 Å². The van der Waals surface area contributed by atoms with Crippen molar-refractivity contribution in [2.24, 2.45) is 0 Å². The molecule has 1 aliphatic carbocycles. The second-order valence-corrected chi connectivity index (χ2v) is 12.4. The fourth-order valence-corrected chi connectivity index (χ4v) is 5.92. The van der Waals surface area contributed by atoms with Crippen LogP contribution in [0, 0.1) is 23.5 Å². The summed E-state index contributed by atoms with van der Waals surface area (Å²) in [5.41, 5.74) is 3.21. The number of benzene rings is 2. The highest BCUT2D eigenvalue weighted by atomic mass is 19.4. The van der Waals surface area contributed by atoms with Gasteiger partial charge >= 0.3 is 6.18 Å². The lowest BCUT2D eigenvalue weighted by molar-refractivity contribution is -0.142. The summed E-state index contributed by atoms with van der Waals surface area (Å²) >= 11 is 0. The maximum Gasteiger partial charge on any atom is 0.435 e. The van der Waals surface area contributed by atoms with Gasteiger partial charge in [-0.05, 0) is 80.1 Å². The van der Waals surface area contributed by atoms with Gasteiger partial charge in [-0.25, -0.2) is 13.8 Å². The summed E-state index contributed by atoms with van der Waals surface area (Å²) < 4.78 is 99.8. The summed E-state index contributed by atoms with van der Waals surface area (Å²) in [5.74, 6) is -0.987. The number of anilines is 1. The molecule has 1 atom stereocenters. The zero-order chi connectivity index (χ0) is 36.2. The number of hydrogen-bond acceptors (Lipinski definition) is 6. The molecule has 5 N–H and O–H groups in total. The van der Waals surface area contributed by atoms with Gasteiger partial charge in [-0.3, -0.25) is 14.6 Å².